The van der Waals surface area contributed by atoms with Gasteiger partial charge in [-0.15, -0.1) is 0 Å². The van der Waals surface area contributed by atoms with Gasteiger partial charge in [0.05, 0.1) is 5.69 Å². The fraction of sp³-hybridized carbons (Fsp3) is 0.615. The van der Waals surface area contributed by atoms with E-state index in [2.05, 4.69) is 44.1 Å². The highest BCUT2D eigenvalue weighted by Gasteiger charge is 2.13. The molecule has 2 nitrogen and oxygen atoms in total. The third-order valence-corrected chi connectivity index (χ3v) is 2.45. The minimum absolute atomic E-state index is 0.398. The van der Waals surface area contributed by atoms with Gasteiger partial charge in [-0.05, 0) is 43.5 Å². The van der Waals surface area contributed by atoms with Gasteiger partial charge in [0.25, 0.3) is 0 Å². The van der Waals surface area contributed by atoms with Crippen LogP contribution in [0, 0.1) is 12.8 Å². The molecule has 0 fully saturated rings. The number of hydrogen-bond acceptors (Lipinski definition) is 2. The topological polar surface area (TPSA) is 24.9 Å². The van der Waals surface area contributed by atoms with E-state index in [1.54, 1.807) is 0 Å². The maximum Gasteiger partial charge on any atom is 0.0575 e. The number of hydrogen-bond donors (Lipinski definition) is 1. The molecule has 0 radical (unpaired) electrons. The van der Waals surface area contributed by atoms with Gasteiger partial charge in [-0.25, -0.2) is 0 Å². The molecule has 1 aromatic heterocycles. The Balaban J connectivity index is 2.78. The van der Waals surface area contributed by atoms with Crippen LogP contribution in [0.15, 0.2) is 18.3 Å². The molecule has 0 spiro atoms. The molecule has 1 atom stereocenters. The van der Waals surface area contributed by atoms with Crippen molar-refractivity contribution in [2.75, 3.05) is 6.54 Å². The Hall–Kier alpha value is -0.890. The van der Waals surface area contributed by atoms with Crippen molar-refractivity contribution in [3.63, 3.8) is 0 Å². The number of rotatable bonds is 5. The fourth-order valence-corrected chi connectivity index (χ4v) is 1.78. The highest BCUT2D eigenvalue weighted by atomic mass is 14.9. The van der Waals surface area contributed by atoms with Crippen molar-refractivity contribution in [2.24, 2.45) is 5.92 Å². The van der Waals surface area contributed by atoms with Crippen molar-refractivity contribution in [3.8, 4) is 0 Å². The lowest BCUT2D eigenvalue weighted by Crippen LogP contribution is -2.23. The molecule has 0 saturated carbocycles. The zero-order valence-corrected chi connectivity index (χ0v) is 10.2. The lowest BCUT2D eigenvalue weighted by Gasteiger charge is -2.19. The average molecular weight is 206 g/mol. The van der Waals surface area contributed by atoms with Gasteiger partial charge < -0.3 is 5.32 Å². The van der Waals surface area contributed by atoms with E-state index in [0.29, 0.717) is 12.0 Å². The van der Waals surface area contributed by atoms with E-state index in [4.69, 9.17) is 0 Å². The average Bonchev–Trinajstić information content (AvgIpc) is 2.16. The Morgan fingerprint density at radius 1 is 1.40 bits per heavy atom. The van der Waals surface area contributed by atoms with Gasteiger partial charge in [0.15, 0.2) is 0 Å². The van der Waals surface area contributed by atoms with Gasteiger partial charge in [-0.1, -0.05) is 20.8 Å². The first-order valence-electron chi connectivity index (χ1n) is 5.79. The van der Waals surface area contributed by atoms with Crippen LogP contribution in [-0.4, -0.2) is 11.5 Å². The smallest absolute Gasteiger partial charge is 0.0575 e. The van der Waals surface area contributed by atoms with Crippen molar-refractivity contribution in [2.45, 2.75) is 40.2 Å². The molecule has 2 heteroatoms. The quantitative estimate of drug-likeness (QED) is 0.800. The standard InChI is InChI=1S/C13H22N2/c1-5-14-12(8-10(2)3)13-9-11(4)6-7-15-13/h6-7,9-10,12,14H,5,8H2,1-4H3. The molecule has 1 heterocycles. The molecule has 15 heavy (non-hydrogen) atoms. The van der Waals surface area contributed by atoms with Crippen LogP contribution in [0.3, 0.4) is 0 Å². The summed E-state index contributed by atoms with van der Waals surface area (Å²) in [4.78, 5) is 4.45. The molecule has 0 bridgehead atoms. The molecule has 0 aliphatic heterocycles. The summed E-state index contributed by atoms with van der Waals surface area (Å²) in [6.07, 6.45) is 3.04. The molecule has 0 amide bonds. The minimum Gasteiger partial charge on any atom is -0.309 e. The highest BCUT2D eigenvalue weighted by Crippen LogP contribution is 2.19. The summed E-state index contributed by atoms with van der Waals surface area (Å²) in [5.74, 6) is 0.691. The second kappa shape index (κ2) is 5.86. The predicted molar refractivity (Wildman–Crippen MR) is 64.8 cm³/mol. The lowest BCUT2D eigenvalue weighted by molar-refractivity contribution is 0.431. The first-order valence-corrected chi connectivity index (χ1v) is 5.79. The molecule has 0 aromatic carbocycles. The number of pyridine rings is 1. The van der Waals surface area contributed by atoms with Crippen LogP contribution in [0.1, 0.15) is 44.5 Å². The van der Waals surface area contributed by atoms with E-state index in [1.165, 1.54) is 11.3 Å². The van der Waals surface area contributed by atoms with Crippen molar-refractivity contribution in [1.29, 1.82) is 0 Å². The fourth-order valence-electron chi connectivity index (χ4n) is 1.78. The Morgan fingerprint density at radius 3 is 2.67 bits per heavy atom. The maximum atomic E-state index is 4.45. The van der Waals surface area contributed by atoms with Crippen molar-refractivity contribution in [3.05, 3.63) is 29.6 Å². The number of aromatic nitrogens is 1. The summed E-state index contributed by atoms with van der Waals surface area (Å²) >= 11 is 0. The predicted octanol–water partition coefficient (Wildman–Crippen LogP) is 3.09. The van der Waals surface area contributed by atoms with Gasteiger partial charge >= 0.3 is 0 Å². The summed E-state index contributed by atoms with van der Waals surface area (Å²) in [5, 5.41) is 3.49. The van der Waals surface area contributed by atoms with E-state index in [9.17, 15) is 0 Å². The Morgan fingerprint density at radius 2 is 2.13 bits per heavy atom. The molecule has 0 aliphatic carbocycles. The number of nitrogens with one attached hydrogen (secondary N) is 1. The molecule has 0 aliphatic rings. The van der Waals surface area contributed by atoms with Gasteiger partial charge in [-0.2, -0.15) is 0 Å². The molecule has 84 valence electrons. The second-order valence-corrected chi connectivity index (χ2v) is 4.50. The molecule has 1 aromatic rings. The second-order valence-electron chi connectivity index (χ2n) is 4.50. The first kappa shape index (κ1) is 12.2. The van der Waals surface area contributed by atoms with Crippen LogP contribution in [0.4, 0.5) is 0 Å². The summed E-state index contributed by atoms with van der Waals surface area (Å²) in [7, 11) is 0. The van der Waals surface area contributed by atoms with Gasteiger partial charge in [0.1, 0.15) is 0 Å². The van der Waals surface area contributed by atoms with E-state index in [-0.39, 0.29) is 0 Å². The highest BCUT2D eigenvalue weighted by molar-refractivity contribution is 5.17. The molecule has 1 N–H and O–H groups in total. The third-order valence-electron chi connectivity index (χ3n) is 2.45. The van der Waals surface area contributed by atoms with Crippen LogP contribution >= 0.6 is 0 Å². The van der Waals surface area contributed by atoms with Crippen LogP contribution in [0.5, 0.6) is 0 Å². The van der Waals surface area contributed by atoms with Gasteiger partial charge in [0.2, 0.25) is 0 Å². The normalized spacial score (nSPS) is 13.1. The Bertz CT molecular complexity index is 294. The largest absolute Gasteiger partial charge is 0.309 e. The Labute approximate surface area is 93.1 Å². The first-order chi connectivity index (χ1) is 7.13. The van der Waals surface area contributed by atoms with Crippen LogP contribution in [0.25, 0.3) is 0 Å². The van der Waals surface area contributed by atoms with E-state index in [1.807, 2.05) is 12.3 Å². The summed E-state index contributed by atoms with van der Waals surface area (Å²) in [6, 6.07) is 4.62. The molecular weight excluding hydrogens is 184 g/mol. The van der Waals surface area contributed by atoms with Crippen LogP contribution in [-0.2, 0) is 0 Å². The molecular formula is C13H22N2. The third kappa shape index (κ3) is 4.00. The lowest BCUT2D eigenvalue weighted by atomic mass is 10.00. The van der Waals surface area contributed by atoms with Crippen molar-refractivity contribution < 1.29 is 0 Å². The summed E-state index contributed by atoms with van der Waals surface area (Å²) < 4.78 is 0. The van der Waals surface area contributed by atoms with Crippen molar-refractivity contribution >= 4 is 0 Å². The number of aryl methyl sites for hydroxylation is 1. The number of nitrogens with zero attached hydrogens (tertiary/aromatic N) is 1. The van der Waals surface area contributed by atoms with Gasteiger partial charge in [0, 0.05) is 12.2 Å². The SMILES string of the molecule is CCNC(CC(C)C)c1cc(C)ccn1. The minimum atomic E-state index is 0.398. The van der Waals surface area contributed by atoms with E-state index in [0.717, 1.165) is 13.0 Å². The van der Waals surface area contributed by atoms with E-state index >= 15 is 0 Å². The molecule has 0 saturated heterocycles. The summed E-state index contributed by atoms with van der Waals surface area (Å²) in [5.41, 5.74) is 2.46. The molecule has 1 rings (SSSR count). The van der Waals surface area contributed by atoms with Crippen molar-refractivity contribution in [1.82, 2.24) is 10.3 Å². The summed E-state index contributed by atoms with van der Waals surface area (Å²) in [6.45, 7) is 9.75. The van der Waals surface area contributed by atoms with Crippen LogP contribution < -0.4 is 5.32 Å². The van der Waals surface area contributed by atoms with Crippen LogP contribution in [0.2, 0.25) is 0 Å². The zero-order chi connectivity index (χ0) is 11.3. The Kier molecular flexibility index (Phi) is 4.76. The maximum absolute atomic E-state index is 4.45. The molecule has 1 unspecified atom stereocenters. The van der Waals surface area contributed by atoms with E-state index < -0.39 is 0 Å². The monoisotopic (exact) mass is 206 g/mol. The zero-order valence-electron chi connectivity index (χ0n) is 10.2. The van der Waals surface area contributed by atoms with Gasteiger partial charge in [-0.3, -0.25) is 4.98 Å².